The van der Waals surface area contributed by atoms with Gasteiger partial charge in [-0.05, 0) is 13.0 Å². The second-order valence-electron chi connectivity index (χ2n) is 4.81. The number of carbonyl (C=O) groups is 3. The first-order valence-electron chi connectivity index (χ1n) is 6.96. The van der Waals surface area contributed by atoms with Crippen LogP contribution in [0, 0.1) is 0 Å². The second kappa shape index (κ2) is 8.03. The third-order valence-electron chi connectivity index (χ3n) is 3.08. The predicted octanol–water partition coefficient (Wildman–Crippen LogP) is -2.20. The van der Waals surface area contributed by atoms with E-state index in [9.17, 15) is 14.4 Å². The average Bonchev–Trinajstić information content (AvgIpc) is 3.04. The lowest BCUT2D eigenvalue weighted by atomic mass is 10.2. The van der Waals surface area contributed by atoms with Crippen LogP contribution in [0.5, 0.6) is 0 Å². The first-order chi connectivity index (χ1) is 10.6. The van der Waals surface area contributed by atoms with Crippen molar-refractivity contribution in [2.75, 3.05) is 26.2 Å². The Morgan fingerprint density at radius 3 is 2.68 bits per heavy atom. The third kappa shape index (κ3) is 5.09. The molecule has 1 saturated heterocycles. The van der Waals surface area contributed by atoms with Crippen molar-refractivity contribution < 1.29 is 14.4 Å². The summed E-state index contributed by atoms with van der Waals surface area (Å²) in [6, 6.07) is 0.112. The van der Waals surface area contributed by atoms with Gasteiger partial charge in [0.25, 0.3) is 5.91 Å². The zero-order valence-corrected chi connectivity index (χ0v) is 12.0. The molecule has 22 heavy (non-hydrogen) atoms. The molecule has 1 atom stereocenters. The lowest BCUT2D eigenvalue weighted by Crippen LogP contribution is -2.45. The first kappa shape index (κ1) is 15.8. The molecule has 2 heterocycles. The molecule has 3 amide bonds. The van der Waals surface area contributed by atoms with Crippen LogP contribution in [0.25, 0.3) is 0 Å². The SMILES string of the molecule is O=C(CNC(=O)c1cnccn1)NCC(=O)N[C@@H]1CCNC1. The topological polar surface area (TPSA) is 125 Å². The van der Waals surface area contributed by atoms with Gasteiger partial charge in [0.15, 0.2) is 0 Å². The number of aromatic nitrogens is 2. The largest absolute Gasteiger partial charge is 0.351 e. The van der Waals surface area contributed by atoms with E-state index >= 15 is 0 Å². The molecule has 4 N–H and O–H groups in total. The highest BCUT2D eigenvalue weighted by molar-refractivity contribution is 5.95. The molecule has 0 aromatic carbocycles. The molecule has 0 radical (unpaired) electrons. The molecule has 0 spiro atoms. The van der Waals surface area contributed by atoms with Crippen LogP contribution in [-0.4, -0.2) is 59.9 Å². The van der Waals surface area contributed by atoms with Crippen molar-refractivity contribution in [3.8, 4) is 0 Å². The summed E-state index contributed by atoms with van der Waals surface area (Å²) in [4.78, 5) is 42.4. The van der Waals surface area contributed by atoms with Crippen molar-refractivity contribution in [3.05, 3.63) is 24.3 Å². The van der Waals surface area contributed by atoms with Crippen LogP contribution in [-0.2, 0) is 9.59 Å². The number of nitrogens with one attached hydrogen (secondary N) is 4. The van der Waals surface area contributed by atoms with Crippen molar-refractivity contribution in [3.63, 3.8) is 0 Å². The maximum absolute atomic E-state index is 11.6. The van der Waals surface area contributed by atoms with Gasteiger partial charge in [0.05, 0.1) is 19.3 Å². The van der Waals surface area contributed by atoms with E-state index in [1.807, 2.05) is 0 Å². The molecule has 1 fully saturated rings. The van der Waals surface area contributed by atoms with Crippen LogP contribution in [0.2, 0.25) is 0 Å². The number of rotatable bonds is 6. The molecular formula is C13H18N6O3. The summed E-state index contributed by atoms with van der Waals surface area (Å²) in [5, 5.41) is 10.8. The molecular weight excluding hydrogens is 288 g/mol. The Kier molecular flexibility index (Phi) is 5.78. The Morgan fingerprint density at radius 2 is 2.00 bits per heavy atom. The van der Waals surface area contributed by atoms with Crippen LogP contribution >= 0.6 is 0 Å². The quantitative estimate of drug-likeness (QED) is 0.473. The fourth-order valence-electron chi connectivity index (χ4n) is 1.97. The van der Waals surface area contributed by atoms with E-state index < -0.39 is 11.8 Å². The molecule has 1 aliphatic heterocycles. The van der Waals surface area contributed by atoms with Crippen molar-refractivity contribution in [1.82, 2.24) is 31.2 Å². The van der Waals surface area contributed by atoms with Gasteiger partial charge in [0, 0.05) is 25.0 Å². The Hall–Kier alpha value is -2.55. The van der Waals surface area contributed by atoms with Crippen LogP contribution < -0.4 is 21.3 Å². The van der Waals surface area contributed by atoms with Gasteiger partial charge in [-0.3, -0.25) is 19.4 Å². The third-order valence-corrected chi connectivity index (χ3v) is 3.08. The minimum absolute atomic E-state index is 0.112. The van der Waals surface area contributed by atoms with Crippen LogP contribution in [0.1, 0.15) is 16.9 Å². The van der Waals surface area contributed by atoms with E-state index in [0.717, 1.165) is 19.5 Å². The van der Waals surface area contributed by atoms with E-state index in [4.69, 9.17) is 0 Å². The molecule has 0 bridgehead atoms. The average molecular weight is 306 g/mol. The standard InChI is InChI=1S/C13H18N6O3/c20-11(7-18-13(22)10-6-15-3-4-16-10)17-8-12(21)19-9-1-2-14-5-9/h3-4,6,9,14H,1-2,5,7-8H2,(H,17,20)(H,18,22)(H,19,21)/t9-/m1/s1. The van der Waals surface area contributed by atoms with Crippen molar-refractivity contribution in [2.24, 2.45) is 0 Å². The minimum Gasteiger partial charge on any atom is -0.351 e. The molecule has 2 rings (SSSR count). The summed E-state index contributed by atoms with van der Waals surface area (Å²) in [6.07, 6.45) is 5.02. The lowest BCUT2D eigenvalue weighted by molar-refractivity contribution is -0.125. The first-order valence-corrected chi connectivity index (χ1v) is 6.96. The minimum atomic E-state index is -0.496. The molecule has 9 heteroatoms. The van der Waals surface area contributed by atoms with Gasteiger partial charge < -0.3 is 21.3 Å². The molecule has 9 nitrogen and oxygen atoms in total. The number of nitrogens with zero attached hydrogens (tertiary/aromatic N) is 2. The molecule has 0 aliphatic carbocycles. The Bertz CT molecular complexity index is 530. The molecule has 0 saturated carbocycles. The van der Waals surface area contributed by atoms with Gasteiger partial charge in [-0.25, -0.2) is 4.98 Å². The number of hydrogen-bond donors (Lipinski definition) is 4. The molecule has 1 aliphatic rings. The zero-order valence-electron chi connectivity index (χ0n) is 12.0. The normalized spacial score (nSPS) is 16.8. The monoisotopic (exact) mass is 306 g/mol. The van der Waals surface area contributed by atoms with E-state index in [0.29, 0.717) is 0 Å². The molecule has 0 unspecified atom stereocenters. The van der Waals surface area contributed by atoms with E-state index in [-0.39, 0.29) is 30.7 Å². The van der Waals surface area contributed by atoms with Crippen LogP contribution in [0.3, 0.4) is 0 Å². The van der Waals surface area contributed by atoms with Crippen molar-refractivity contribution in [2.45, 2.75) is 12.5 Å². The second-order valence-corrected chi connectivity index (χ2v) is 4.81. The highest BCUT2D eigenvalue weighted by atomic mass is 16.2. The van der Waals surface area contributed by atoms with E-state index in [2.05, 4.69) is 31.2 Å². The number of amides is 3. The predicted molar refractivity (Wildman–Crippen MR) is 76.8 cm³/mol. The van der Waals surface area contributed by atoms with Crippen molar-refractivity contribution in [1.29, 1.82) is 0 Å². The Labute approximate surface area is 127 Å². The molecule has 1 aromatic heterocycles. The fraction of sp³-hybridized carbons (Fsp3) is 0.462. The smallest absolute Gasteiger partial charge is 0.271 e. The highest BCUT2D eigenvalue weighted by Crippen LogP contribution is 1.95. The van der Waals surface area contributed by atoms with Gasteiger partial charge in [-0.15, -0.1) is 0 Å². The van der Waals surface area contributed by atoms with Crippen LogP contribution in [0.15, 0.2) is 18.6 Å². The Morgan fingerprint density at radius 1 is 1.18 bits per heavy atom. The fourth-order valence-corrected chi connectivity index (χ4v) is 1.97. The number of hydrogen-bond acceptors (Lipinski definition) is 6. The maximum atomic E-state index is 11.6. The number of carbonyl (C=O) groups excluding carboxylic acids is 3. The van der Waals surface area contributed by atoms with E-state index in [1.54, 1.807) is 0 Å². The molecule has 1 aromatic rings. The van der Waals surface area contributed by atoms with Crippen molar-refractivity contribution >= 4 is 17.7 Å². The van der Waals surface area contributed by atoms with Gasteiger partial charge in [-0.1, -0.05) is 0 Å². The van der Waals surface area contributed by atoms with E-state index in [1.165, 1.54) is 18.6 Å². The van der Waals surface area contributed by atoms with Gasteiger partial charge in [-0.2, -0.15) is 0 Å². The Balaban J connectivity index is 1.63. The summed E-state index contributed by atoms with van der Waals surface area (Å²) in [5.74, 6) is -1.19. The lowest BCUT2D eigenvalue weighted by Gasteiger charge is -2.11. The highest BCUT2D eigenvalue weighted by Gasteiger charge is 2.17. The van der Waals surface area contributed by atoms with Gasteiger partial charge >= 0.3 is 0 Å². The summed E-state index contributed by atoms with van der Waals surface area (Å²) in [7, 11) is 0. The zero-order chi connectivity index (χ0) is 15.8. The summed E-state index contributed by atoms with van der Waals surface area (Å²) < 4.78 is 0. The molecule has 118 valence electrons. The summed E-state index contributed by atoms with van der Waals surface area (Å²) >= 11 is 0. The van der Waals surface area contributed by atoms with Crippen LogP contribution in [0.4, 0.5) is 0 Å². The van der Waals surface area contributed by atoms with Gasteiger partial charge in [0.2, 0.25) is 11.8 Å². The summed E-state index contributed by atoms with van der Waals surface area (Å²) in [6.45, 7) is 1.28. The maximum Gasteiger partial charge on any atom is 0.271 e. The summed E-state index contributed by atoms with van der Waals surface area (Å²) in [5.41, 5.74) is 0.127. The van der Waals surface area contributed by atoms with Gasteiger partial charge in [0.1, 0.15) is 5.69 Å².